The number of benzene rings is 1. The Morgan fingerprint density at radius 1 is 1.17 bits per heavy atom. The van der Waals surface area contributed by atoms with Crippen LogP contribution in [0.15, 0.2) is 18.2 Å². The molecule has 0 radical (unpaired) electrons. The predicted octanol–water partition coefficient (Wildman–Crippen LogP) is 2.88. The van der Waals surface area contributed by atoms with Gasteiger partial charge in [-0.3, -0.25) is 0 Å². The number of carbonyl (C=O) groups is 1. The van der Waals surface area contributed by atoms with Crippen molar-refractivity contribution in [1.82, 2.24) is 10.6 Å². The molecule has 5 nitrogen and oxygen atoms in total. The number of fused-ring (bicyclic) bond motifs is 1. The Hall–Kier alpha value is -1.91. The molecule has 2 aliphatic rings. The van der Waals surface area contributed by atoms with Gasteiger partial charge in [-0.2, -0.15) is 0 Å². The molecule has 0 unspecified atom stereocenters. The van der Waals surface area contributed by atoms with Gasteiger partial charge >= 0.3 is 6.03 Å². The smallest absolute Gasteiger partial charge is 0.315 e. The van der Waals surface area contributed by atoms with Crippen LogP contribution in [0.25, 0.3) is 0 Å². The molecule has 126 valence electrons. The lowest BCUT2D eigenvalue weighted by Crippen LogP contribution is -2.46. The van der Waals surface area contributed by atoms with E-state index in [1.54, 1.807) is 0 Å². The minimum atomic E-state index is -0.0544. The third kappa shape index (κ3) is 4.30. The number of urea groups is 1. The van der Waals surface area contributed by atoms with Crippen LogP contribution in [-0.2, 0) is 6.42 Å². The second kappa shape index (κ2) is 7.57. The van der Waals surface area contributed by atoms with Crippen molar-refractivity contribution in [3.8, 4) is 11.5 Å². The highest BCUT2D eigenvalue weighted by atomic mass is 16.6. The maximum atomic E-state index is 12.0. The van der Waals surface area contributed by atoms with E-state index in [1.807, 2.05) is 18.2 Å². The highest BCUT2D eigenvalue weighted by molar-refractivity contribution is 5.74. The average Bonchev–Trinajstić information content (AvgIpc) is 2.57. The largest absolute Gasteiger partial charge is 0.486 e. The van der Waals surface area contributed by atoms with Crippen molar-refractivity contribution < 1.29 is 14.3 Å². The highest BCUT2D eigenvalue weighted by Gasteiger charge is 2.22. The summed E-state index contributed by atoms with van der Waals surface area (Å²) in [6.07, 6.45) is 5.58. The molecule has 0 spiro atoms. The Bertz CT molecular complexity index is 547. The van der Waals surface area contributed by atoms with Crippen molar-refractivity contribution in [2.45, 2.75) is 45.1 Å². The second-order valence-electron chi connectivity index (χ2n) is 6.50. The van der Waals surface area contributed by atoms with Gasteiger partial charge in [-0.1, -0.05) is 25.8 Å². The van der Waals surface area contributed by atoms with Crippen LogP contribution in [0.3, 0.4) is 0 Å². The summed E-state index contributed by atoms with van der Waals surface area (Å²) in [5.74, 6) is 2.18. The van der Waals surface area contributed by atoms with Crippen LogP contribution in [0.4, 0.5) is 4.79 Å². The first-order valence-electron chi connectivity index (χ1n) is 8.65. The van der Waals surface area contributed by atoms with Gasteiger partial charge in [0.05, 0.1) is 0 Å². The molecule has 1 fully saturated rings. The van der Waals surface area contributed by atoms with Crippen LogP contribution < -0.4 is 20.1 Å². The number of rotatable bonds is 4. The maximum Gasteiger partial charge on any atom is 0.315 e. The fraction of sp³-hybridized carbons (Fsp3) is 0.611. The van der Waals surface area contributed by atoms with Gasteiger partial charge in [-0.05, 0) is 42.9 Å². The molecule has 0 aromatic heterocycles. The normalized spacial score (nSPS) is 23.2. The van der Waals surface area contributed by atoms with Crippen molar-refractivity contribution in [2.75, 3.05) is 19.8 Å². The zero-order chi connectivity index (χ0) is 16.1. The summed E-state index contributed by atoms with van der Waals surface area (Å²) in [5, 5.41) is 6.07. The summed E-state index contributed by atoms with van der Waals surface area (Å²) < 4.78 is 11.1. The average molecular weight is 318 g/mol. The monoisotopic (exact) mass is 318 g/mol. The second-order valence-corrected chi connectivity index (χ2v) is 6.50. The predicted molar refractivity (Wildman–Crippen MR) is 89.1 cm³/mol. The molecule has 1 aromatic carbocycles. The summed E-state index contributed by atoms with van der Waals surface area (Å²) in [4.78, 5) is 12.0. The van der Waals surface area contributed by atoms with Crippen molar-refractivity contribution in [1.29, 1.82) is 0 Å². The molecule has 5 heteroatoms. The van der Waals surface area contributed by atoms with E-state index in [4.69, 9.17) is 9.47 Å². The SMILES string of the molecule is C[C@H]1CCCC[C@@H]1NC(=O)NCCc1ccc2c(c1)OCCO2. The Kier molecular flexibility index (Phi) is 5.26. The molecule has 2 N–H and O–H groups in total. The Morgan fingerprint density at radius 3 is 2.78 bits per heavy atom. The first kappa shape index (κ1) is 16.0. The van der Waals surface area contributed by atoms with Crippen molar-refractivity contribution in [3.05, 3.63) is 23.8 Å². The fourth-order valence-electron chi connectivity index (χ4n) is 3.31. The van der Waals surface area contributed by atoms with E-state index in [1.165, 1.54) is 19.3 Å². The van der Waals surface area contributed by atoms with Crippen molar-refractivity contribution in [3.63, 3.8) is 0 Å². The summed E-state index contributed by atoms with van der Waals surface area (Å²) in [7, 11) is 0. The highest BCUT2D eigenvalue weighted by Crippen LogP contribution is 2.30. The molecule has 23 heavy (non-hydrogen) atoms. The standard InChI is InChI=1S/C18H26N2O3/c1-13-4-2-3-5-15(13)20-18(21)19-9-8-14-6-7-16-17(12-14)23-11-10-22-16/h6-7,12-13,15H,2-5,8-11H2,1H3,(H2,19,20,21)/t13-,15-/m0/s1. The van der Waals surface area contributed by atoms with Crippen LogP contribution in [-0.4, -0.2) is 31.8 Å². The van der Waals surface area contributed by atoms with E-state index in [0.717, 1.165) is 29.9 Å². The Labute approximate surface area is 137 Å². The molecule has 2 atom stereocenters. The van der Waals surface area contributed by atoms with Gasteiger partial charge in [0.15, 0.2) is 11.5 Å². The first-order chi connectivity index (χ1) is 11.2. The van der Waals surface area contributed by atoms with Gasteiger partial charge < -0.3 is 20.1 Å². The van der Waals surface area contributed by atoms with E-state index in [-0.39, 0.29) is 6.03 Å². The van der Waals surface area contributed by atoms with E-state index in [0.29, 0.717) is 31.7 Å². The number of carbonyl (C=O) groups excluding carboxylic acids is 1. The number of hydrogen-bond donors (Lipinski definition) is 2. The minimum Gasteiger partial charge on any atom is -0.486 e. The molecular weight excluding hydrogens is 292 g/mol. The Balaban J connectivity index is 1.43. The van der Waals surface area contributed by atoms with Gasteiger partial charge in [-0.15, -0.1) is 0 Å². The van der Waals surface area contributed by atoms with E-state index in [2.05, 4.69) is 17.6 Å². The van der Waals surface area contributed by atoms with Crippen LogP contribution in [0, 0.1) is 5.92 Å². The van der Waals surface area contributed by atoms with Crippen molar-refractivity contribution >= 4 is 6.03 Å². The maximum absolute atomic E-state index is 12.0. The minimum absolute atomic E-state index is 0.0544. The summed E-state index contributed by atoms with van der Waals surface area (Å²) in [5.41, 5.74) is 1.14. The first-order valence-corrected chi connectivity index (χ1v) is 8.65. The molecule has 1 heterocycles. The molecular formula is C18H26N2O3. The third-order valence-electron chi connectivity index (χ3n) is 4.73. The van der Waals surface area contributed by atoms with Crippen LogP contribution >= 0.6 is 0 Å². The third-order valence-corrected chi connectivity index (χ3v) is 4.73. The van der Waals surface area contributed by atoms with Crippen molar-refractivity contribution in [2.24, 2.45) is 5.92 Å². The van der Waals surface area contributed by atoms with Gasteiger partial charge in [0.1, 0.15) is 13.2 Å². The lowest BCUT2D eigenvalue weighted by molar-refractivity contribution is 0.171. The molecule has 2 amide bonds. The quantitative estimate of drug-likeness (QED) is 0.897. The molecule has 1 aliphatic heterocycles. The fourth-order valence-corrected chi connectivity index (χ4v) is 3.31. The summed E-state index contributed by atoms with van der Waals surface area (Å²) in [6.45, 7) is 4.04. The van der Waals surface area contributed by atoms with Gasteiger partial charge in [0.2, 0.25) is 0 Å². The zero-order valence-corrected chi connectivity index (χ0v) is 13.8. The number of hydrogen-bond acceptors (Lipinski definition) is 3. The Morgan fingerprint density at radius 2 is 1.96 bits per heavy atom. The van der Waals surface area contributed by atoms with Gasteiger partial charge in [0, 0.05) is 12.6 Å². The lowest BCUT2D eigenvalue weighted by Gasteiger charge is -2.29. The van der Waals surface area contributed by atoms with E-state index in [9.17, 15) is 4.79 Å². The number of nitrogens with one attached hydrogen (secondary N) is 2. The zero-order valence-electron chi connectivity index (χ0n) is 13.8. The van der Waals surface area contributed by atoms with Gasteiger partial charge in [-0.25, -0.2) is 4.79 Å². The molecule has 0 saturated heterocycles. The number of amides is 2. The lowest BCUT2D eigenvalue weighted by atomic mass is 9.86. The van der Waals surface area contributed by atoms with Crippen LogP contribution in [0.2, 0.25) is 0 Å². The molecule has 1 aromatic rings. The van der Waals surface area contributed by atoms with Crippen LogP contribution in [0.5, 0.6) is 11.5 Å². The molecule has 1 saturated carbocycles. The summed E-state index contributed by atoms with van der Waals surface area (Å²) in [6, 6.07) is 6.22. The molecule has 1 aliphatic carbocycles. The molecule has 3 rings (SSSR count). The number of ether oxygens (including phenoxy) is 2. The van der Waals surface area contributed by atoms with E-state index >= 15 is 0 Å². The topological polar surface area (TPSA) is 59.6 Å². The van der Waals surface area contributed by atoms with E-state index < -0.39 is 0 Å². The van der Waals surface area contributed by atoms with Gasteiger partial charge in [0.25, 0.3) is 0 Å². The summed E-state index contributed by atoms with van der Waals surface area (Å²) >= 11 is 0. The van der Waals surface area contributed by atoms with Crippen LogP contribution in [0.1, 0.15) is 38.2 Å². The molecule has 0 bridgehead atoms.